The Labute approximate surface area is 119 Å². The van der Waals surface area contributed by atoms with Gasteiger partial charge >= 0.3 is 0 Å². The molecule has 19 heavy (non-hydrogen) atoms. The number of halogens is 1. The number of aryl methyl sites for hydroxylation is 1. The van der Waals surface area contributed by atoms with Gasteiger partial charge in [-0.05, 0) is 45.4 Å². The summed E-state index contributed by atoms with van der Waals surface area (Å²) in [6, 6.07) is 5.44. The second-order valence-corrected chi connectivity index (χ2v) is 5.68. The number of nitrogens with two attached hydrogens (primary N) is 1. The fraction of sp³-hybridized carbons (Fsp3) is 0.500. The molecule has 1 aromatic rings. The van der Waals surface area contributed by atoms with Gasteiger partial charge < -0.3 is 15.8 Å². The van der Waals surface area contributed by atoms with Crippen LogP contribution in [0.15, 0.2) is 18.2 Å². The fourth-order valence-electron chi connectivity index (χ4n) is 1.43. The predicted octanol–water partition coefficient (Wildman–Crippen LogP) is 2.27. The SMILES string of the molecule is Cc1ccc(Cl)c(OC(C)C(=O)NC(C)(C)CN)c1. The first-order valence-electron chi connectivity index (χ1n) is 6.20. The van der Waals surface area contributed by atoms with Crippen molar-refractivity contribution in [1.29, 1.82) is 0 Å². The van der Waals surface area contributed by atoms with Crippen LogP contribution in [0.2, 0.25) is 5.02 Å². The maximum Gasteiger partial charge on any atom is 0.261 e. The average molecular weight is 285 g/mol. The summed E-state index contributed by atoms with van der Waals surface area (Å²) in [7, 11) is 0. The molecule has 5 heteroatoms. The number of hydrogen-bond acceptors (Lipinski definition) is 3. The minimum atomic E-state index is -0.634. The van der Waals surface area contributed by atoms with Crippen molar-refractivity contribution in [3.8, 4) is 5.75 Å². The Kier molecular flexibility index (Phi) is 5.20. The molecule has 1 atom stereocenters. The maximum absolute atomic E-state index is 12.0. The molecule has 0 aromatic heterocycles. The minimum Gasteiger partial charge on any atom is -0.479 e. The Morgan fingerprint density at radius 1 is 1.53 bits per heavy atom. The van der Waals surface area contributed by atoms with Crippen molar-refractivity contribution in [2.75, 3.05) is 6.54 Å². The number of ether oxygens (including phenoxy) is 1. The second kappa shape index (κ2) is 6.26. The molecule has 0 radical (unpaired) electrons. The van der Waals surface area contributed by atoms with Gasteiger partial charge in [0.25, 0.3) is 5.91 Å². The lowest BCUT2D eigenvalue weighted by Crippen LogP contribution is -2.52. The van der Waals surface area contributed by atoms with Crippen LogP contribution in [-0.2, 0) is 4.79 Å². The molecule has 4 nitrogen and oxygen atoms in total. The van der Waals surface area contributed by atoms with Crippen LogP contribution in [0.1, 0.15) is 26.3 Å². The van der Waals surface area contributed by atoms with Gasteiger partial charge in [-0.2, -0.15) is 0 Å². The van der Waals surface area contributed by atoms with Gasteiger partial charge in [0, 0.05) is 12.1 Å². The van der Waals surface area contributed by atoms with Crippen molar-refractivity contribution in [2.24, 2.45) is 5.73 Å². The highest BCUT2D eigenvalue weighted by molar-refractivity contribution is 6.32. The van der Waals surface area contributed by atoms with E-state index in [0.717, 1.165) is 5.56 Å². The molecule has 0 aliphatic rings. The van der Waals surface area contributed by atoms with Crippen molar-refractivity contribution in [2.45, 2.75) is 39.3 Å². The molecule has 0 spiro atoms. The summed E-state index contributed by atoms with van der Waals surface area (Å²) in [5, 5.41) is 3.32. The first-order chi connectivity index (χ1) is 8.75. The molecule has 0 fully saturated rings. The number of benzene rings is 1. The molecule has 0 aliphatic carbocycles. The molecular formula is C14H21ClN2O2. The minimum absolute atomic E-state index is 0.215. The number of rotatable bonds is 5. The van der Waals surface area contributed by atoms with Gasteiger partial charge in [0.05, 0.1) is 5.02 Å². The largest absolute Gasteiger partial charge is 0.479 e. The molecule has 0 bridgehead atoms. The van der Waals surface area contributed by atoms with E-state index in [1.807, 2.05) is 26.8 Å². The van der Waals surface area contributed by atoms with E-state index in [4.69, 9.17) is 22.1 Å². The lowest BCUT2D eigenvalue weighted by Gasteiger charge is -2.26. The van der Waals surface area contributed by atoms with Gasteiger partial charge in [-0.3, -0.25) is 4.79 Å². The van der Waals surface area contributed by atoms with E-state index in [9.17, 15) is 4.79 Å². The number of amides is 1. The van der Waals surface area contributed by atoms with Gasteiger partial charge in [0.1, 0.15) is 5.75 Å². The third-order valence-electron chi connectivity index (χ3n) is 2.73. The Balaban J connectivity index is 2.71. The molecule has 0 heterocycles. The van der Waals surface area contributed by atoms with Crippen molar-refractivity contribution in [3.05, 3.63) is 28.8 Å². The monoisotopic (exact) mass is 284 g/mol. The van der Waals surface area contributed by atoms with Crippen LogP contribution >= 0.6 is 11.6 Å². The Bertz CT molecular complexity index is 461. The zero-order valence-electron chi connectivity index (χ0n) is 11.8. The number of hydrogen-bond donors (Lipinski definition) is 2. The van der Waals surface area contributed by atoms with Crippen LogP contribution in [0.3, 0.4) is 0 Å². The van der Waals surface area contributed by atoms with Crippen molar-refractivity contribution in [3.63, 3.8) is 0 Å². The van der Waals surface area contributed by atoms with Crippen LogP contribution in [0.5, 0.6) is 5.75 Å². The summed E-state index contributed by atoms with van der Waals surface area (Å²) >= 11 is 6.03. The van der Waals surface area contributed by atoms with Crippen LogP contribution in [-0.4, -0.2) is 24.1 Å². The molecule has 1 aromatic carbocycles. The van der Waals surface area contributed by atoms with E-state index in [2.05, 4.69) is 5.32 Å². The maximum atomic E-state index is 12.0. The van der Waals surface area contributed by atoms with Gasteiger partial charge in [0.2, 0.25) is 0 Å². The molecular weight excluding hydrogens is 264 g/mol. The quantitative estimate of drug-likeness (QED) is 0.872. The van der Waals surface area contributed by atoms with E-state index in [0.29, 0.717) is 17.3 Å². The highest BCUT2D eigenvalue weighted by Gasteiger charge is 2.23. The summed E-state index contributed by atoms with van der Waals surface area (Å²) in [5.41, 5.74) is 6.14. The third kappa shape index (κ3) is 4.73. The molecule has 1 amide bonds. The summed E-state index contributed by atoms with van der Waals surface area (Å²) in [5.74, 6) is 0.294. The van der Waals surface area contributed by atoms with Gasteiger partial charge in [0.15, 0.2) is 6.10 Å². The van der Waals surface area contributed by atoms with Crippen molar-refractivity contribution in [1.82, 2.24) is 5.32 Å². The van der Waals surface area contributed by atoms with E-state index in [-0.39, 0.29) is 5.91 Å². The van der Waals surface area contributed by atoms with Gasteiger partial charge in [-0.25, -0.2) is 0 Å². The second-order valence-electron chi connectivity index (χ2n) is 5.27. The Hall–Kier alpha value is -1.26. The first-order valence-corrected chi connectivity index (χ1v) is 6.58. The van der Waals surface area contributed by atoms with Crippen LogP contribution in [0.25, 0.3) is 0 Å². The topological polar surface area (TPSA) is 64.3 Å². The molecule has 1 unspecified atom stereocenters. The number of nitrogens with one attached hydrogen (secondary N) is 1. The number of carbonyl (C=O) groups is 1. The lowest BCUT2D eigenvalue weighted by molar-refractivity contribution is -0.128. The van der Waals surface area contributed by atoms with Gasteiger partial charge in [-0.1, -0.05) is 17.7 Å². The van der Waals surface area contributed by atoms with E-state index in [1.165, 1.54) is 0 Å². The van der Waals surface area contributed by atoms with E-state index >= 15 is 0 Å². The first kappa shape index (κ1) is 15.8. The molecule has 0 aliphatic heterocycles. The summed E-state index contributed by atoms with van der Waals surface area (Å²) < 4.78 is 5.59. The smallest absolute Gasteiger partial charge is 0.261 e. The van der Waals surface area contributed by atoms with E-state index in [1.54, 1.807) is 19.1 Å². The summed E-state index contributed by atoms with van der Waals surface area (Å²) in [6.07, 6.45) is -0.634. The van der Waals surface area contributed by atoms with Crippen molar-refractivity contribution >= 4 is 17.5 Å². The van der Waals surface area contributed by atoms with Crippen LogP contribution < -0.4 is 15.8 Å². The normalized spacial score (nSPS) is 12.9. The Morgan fingerprint density at radius 2 is 2.16 bits per heavy atom. The molecule has 3 N–H and O–H groups in total. The summed E-state index contributed by atoms with van der Waals surface area (Å²) in [6.45, 7) is 7.69. The van der Waals surface area contributed by atoms with Crippen molar-refractivity contribution < 1.29 is 9.53 Å². The van der Waals surface area contributed by atoms with E-state index < -0.39 is 11.6 Å². The zero-order chi connectivity index (χ0) is 14.6. The zero-order valence-corrected chi connectivity index (χ0v) is 12.5. The molecule has 1 rings (SSSR count). The molecule has 0 saturated heterocycles. The van der Waals surface area contributed by atoms with Crippen LogP contribution in [0, 0.1) is 6.92 Å². The fourth-order valence-corrected chi connectivity index (χ4v) is 1.59. The predicted molar refractivity (Wildman–Crippen MR) is 77.6 cm³/mol. The third-order valence-corrected chi connectivity index (χ3v) is 3.04. The highest BCUT2D eigenvalue weighted by atomic mass is 35.5. The average Bonchev–Trinajstić information content (AvgIpc) is 2.33. The number of carbonyl (C=O) groups excluding carboxylic acids is 1. The van der Waals surface area contributed by atoms with Gasteiger partial charge in [-0.15, -0.1) is 0 Å². The standard InChI is InChI=1S/C14H21ClN2O2/c1-9-5-6-11(15)12(7-9)19-10(2)13(18)17-14(3,4)8-16/h5-7,10H,8,16H2,1-4H3,(H,17,18). The highest BCUT2D eigenvalue weighted by Crippen LogP contribution is 2.26. The molecule has 106 valence electrons. The van der Waals surface area contributed by atoms with Crippen LogP contribution in [0.4, 0.5) is 0 Å². The lowest BCUT2D eigenvalue weighted by atomic mass is 10.1. The summed E-state index contributed by atoms with van der Waals surface area (Å²) in [4.78, 5) is 12.0. The molecule has 0 saturated carbocycles. The Morgan fingerprint density at radius 3 is 2.74 bits per heavy atom.